The summed E-state index contributed by atoms with van der Waals surface area (Å²) in [6, 6.07) is 18.3. The van der Waals surface area contributed by atoms with Crippen LogP contribution in [0.5, 0.6) is 0 Å². The summed E-state index contributed by atoms with van der Waals surface area (Å²) < 4.78 is 1.02. The summed E-state index contributed by atoms with van der Waals surface area (Å²) in [6.45, 7) is 0. The highest BCUT2D eigenvalue weighted by molar-refractivity contribution is 9.10. The third-order valence-corrected chi connectivity index (χ3v) is 3.54. The molecule has 0 heterocycles. The Morgan fingerprint density at radius 2 is 1.90 bits per heavy atom. The van der Waals surface area contributed by atoms with Gasteiger partial charge in [-0.1, -0.05) is 58.4 Å². The van der Waals surface area contributed by atoms with Crippen molar-refractivity contribution in [2.75, 3.05) is 0 Å². The molecular weight excluding hydrogens is 346 g/mol. The lowest BCUT2D eigenvalue weighted by Crippen LogP contribution is -2.25. The van der Waals surface area contributed by atoms with Gasteiger partial charge in [0.2, 0.25) is 0 Å². The number of nitrogens with one attached hydrogen (secondary N) is 1. The highest BCUT2D eigenvalue weighted by Gasteiger charge is 2.06. The standard InChI is InChI=1S/C16H16BrN3S/c17-14-8-4-7-13(11-14)15(19-20-16(18)21)10-9-12-5-2-1-3-6-12/h1-8,11H,9-10H2,(H3,18,20,21)/b19-15+. The van der Waals surface area contributed by atoms with E-state index in [2.05, 4.69) is 38.6 Å². The second-order valence-electron chi connectivity index (χ2n) is 4.53. The number of nitrogens with two attached hydrogens (primary N) is 1. The normalized spacial score (nSPS) is 11.2. The molecule has 0 aliphatic heterocycles. The van der Waals surface area contributed by atoms with E-state index in [0.717, 1.165) is 28.6 Å². The van der Waals surface area contributed by atoms with Crippen molar-refractivity contribution in [2.45, 2.75) is 12.8 Å². The summed E-state index contributed by atoms with van der Waals surface area (Å²) >= 11 is 8.30. The van der Waals surface area contributed by atoms with Crippen molar-refractivity contribution in [3.05, 3.63) is 70.2 Å². The van der Waals surface area contributed by atoms with Crippen molar-refractivity contribution >= 4 is 39.0 Å². The van der Waals surface area contributed by atoms with Gasteiger partial charge >= 0.3 is 0 Å². The smallest absolute Gasteiger partial charge is 0.184 e. The Morgan fingerprint density at radius 3 is 2.57 bits per heavy atom. The van der Waals surface area contributed by atoms with Gasteiger partial charge in [-0.25, -0.2) is 0 Å². The SMILES string of the molecule is NC(=S)N/N=C(\CCc1ccccc1)c1cccc(Br)c1. The summed E-state index contributed by atoms with van der Waals surface area (Å²) in [5, 5.41) is 4.50. The van der Waals surface area contributed by atoms with Crippen molar-refractivity contribution in [3.8, 4) is 0 Å². The van der Waals surface area contributed by atoms with Crippen LogP contribution in [0.2, 0.25) is 0 Å². The quantitative estimate of drug-likeness (QED) is 0.485. The second kappa shape index (κ2) is 7.90. The molecule has 0 bridgehead atoms. The Morgan fingerprint density at radius 1 is 1.14 bits per heavy atom. The average Bonchev–Trinajstić information content (AvgIpc) is 2.48. The molecule has 0 aliphatic carbocycles. The molecule has 0 saturated heterocycles. The molecule has 0 fully saturated rings. The first kappa shape index (κ1) is 15.7. The molecule has 2 aromatic carbocycles. The van der Waals surface area contributed by atoms with E-state index < -0.39 is 0 Å². The summed E-state index contributed by atoms with van der Waals surface area (Å²) in [4.78, 5) is 0. The first-order valence-corrected chi connectivity index (χ1v) is 7.77. The molecule has 0 radical (unpaired) electrons. The van der Waals surface area contributed by atoms with Gasteiger partial charge in [-0.2, -0.15) is 5.10 Å². The van der Waals surface area contributed by atoms with Crippen LogP contribution in [-0.2, 0) is 6.42 Å². The Kier molecular flexibility index (Phi) is 5.90. The third kappa shape index (κ3) is 5.28. The lowest BCUT2D eigenvalue weighted by atomic mass is 10.0. The monoisotopic (exact) mass is 361 g/mol. The molecule has 2 rings (SSSR count). The maximum atomic E-state index is 5.46. The first-order valence-electron chi connectivity index (χ1n) is 6.57. The number of thiocarbonyl (C=S) groups is 1. The number of hydrazone groups is 1. The zero-order valence-corrected chi connectivity index (χ0v) is 13.8. The van der Waals surface area contributed by atoms with Gasteiger partial charge in [-0.3, -0.25) is 5.43 Å². The van der Waals surface area contributed by atoms with Gasteiger partial charge in [-0.05, 0) is 48.3 Å². The van der Waals surface area contributed by atoms with Gasteiger partial charge in [0, 0.05) is 4.47 Å². The molecule has 0 amide bonds. The largest absolute Gasteiger partial charge is 0.375 e. The second-order valence-corrected chi connectivity index (χ2v) is 5.89. The van der Waals surface area contributed by atoms with Crippen molar-refractivity contribution in [1.82, 2.24) is 5.43 Å². The molecule has 3 N–H and O–H groups in total. The molecule has 2 aromatic rings. The van der Waals surface area contributed by atoms with E-state index in [-0.39, 0.29) is 5.11 Å². The fourth-order valence-electron chi connectivity index (χ4n) is 1.96. The van der Waals surface area contributed by atoms with Gasteiger partial charge in [0.25, 0.3) is 0 Å². The van der Waals surface area contributed by atoms with Crippen LogP contribution in [0.1, 0.15) is 17.5 Å². The fraction of sp³-hybridized carbons (Fsp3) is 0.125. The van der Waals surface area contributed by atoms with Crippen LogP contribution >= 0.6 is 28.1 Å². The van der Waals surface area contributed by atoms with Gasteiger partial charge in [-0.15, -0.1) is 0 Å². The molecule has 21 heavy (non-hydrogen) atoms. The highest BCUT2D eigenvalue weighted by Crippen LogP contribution is 2.15. The van der Waals surface area contributed by atoms with Gasteiger partial charge in [0.15, 0.2) is 5.11 Å². The molecule has 0 aliphatic rings. The zero-order chi connectivity index (χ0) is 15.1. The Hall–Kier alpha value is -1.72. The maximum absolute atomic E-state index is 5.46. The Balaban J connectivity index is 2.16. The molecule has 3 nitrogen and oxygen atoms in total. The van der Waals surface area contributed by atoms with Crippen LogP contribution in [0.25, 0.3) is 0 Å². The fourth-order valence-corrected chi connectivity index (χ4v) is 2.41. The summed E-state index contributed by atoms with van der Waals surface area (Å²) in [5.74, 6) is 0. The van der Waals surface area contributed by atoms with Crippen molar-refractivity contribution in [1.29, 1.82) is 0 Å². The average molecular weight is 362 g/mol. The summed E-state index contributed by atoms with van der Waals surface area (Å²) in [5.41, 5.74) is 11.4. The number of rotatable bonds is 5. The lowest BCUT2D eigenvalue weighted by Gasteiger charge is -2.08. The molecule has 0 aromatic heterocycles. The zero-order valence-electron chi connectivity index (χ0n) is 11.4. The van der Waals surface area contributed by atoms with Crippen molar-refractivity contribution in [3.63, 3.8) is 0 Å². The van der Waals surface area contributed by atoms with Crippen LogP contribution in [0.15, 0.2) is 64.2 Å². The molecule has 0 atom stereocenters. The topological polar surface area (TPSA) is 50.4 Å². The Bertz CT molecular complexity index is 641. The minimum Gasteiger partial charge on any atom is -0.375 e. The number of halogens is 1. The van der Waals surface area contributed by atoms with E-state index in [1.165, 1.54) is 5.56 Å². The molecular formula is C16H16BrN3S. The minimum absolute atomic E-state index is 0.169. The number of aryl methyl sites for hydroxylation is 1. The van der Waals surface area contributed by atoms with Gasteiger partial charge < -0.3 is 5.73 Å². The van der Waals surface area contributed by atoms with Crippen LogP contribution in [0, 0.1) is 0 Å². The number of nitrogens with zero attached hydrogens (tertiary/aromatic N) is 1. The highest BCUT2D eigenvalue weighted by atomic mass is 79.9. The number of hydrogen-bond acceptors (Lipinski definition) is 2. The van der Waals surface area contributed by atoms with E-state index in [0.29, 0.717) is 0 Å². The van der Waals surface area contributed by atoms with E-state index in [4.69, 9.17) is 18.0 Å². The van der Waals surface area contributed by atoms with Crippen LogP contribution < -0.4 is 11.2 Å². The summed E-state index contributed by atoms with van der Waals surface area (Å²) in [6.07, 6.45) is 1.71. The number of hydrogen-bond donors (Lipinski definition) is 2. The predicted octanol–water partition coefficient (Wildman–Crippen LogP) is 3.62. The Labute approximate surface area is 138 Å². The van der Waals surface area contributed by atoms with Gasteiger partial charge in [0.1, 0.15) is 0 Å². The molecule has 0 saturated carbocycles. The van der Waals surface area contributed by atoms with E-state index in [1.807, 2.05) is 42.5 Å². The third-order valence-electron chi connectivity index (χ3n) is 2.95. The van der Waals surface area contributed by atoms with Crippen LogP contribution in [-0.4, -0.2) is 10.8 Å². The van der Waals surface area contributed by atoms with Crippen molar-refractivity contribution in [2.24, 2.45) is 10.8 Å². The molecule has 108 valence electrons. The maximum Gasteiger partial charge on any atom is 0.184 e. The lowest BCUT2D eigenvalue weighted by molar-refractivity contribution is 0.974. The molecule has 0 spiro atoms. The number of benzene rings is 2. The van der Waals surface area contributed by atoms with E-state index in [1.54, 1.807) is 0 Å². The van der Waals surface area contributed by atoms with Crippen molar-refractivity contribution < 1.29 is 0 Å². The van der Waals surface area contributed by atoms with Crippen LogP contribution in [0.4, 0.5) is 0 Å². The summed E-state index contributed by atoms with van der Waals surface area (Å²) in [7, 11) is 0. The molecule has 0 unspecified atom stereocenters. The van der Waals surface area contributed by atoms with E-state index in [9.17, 15) is 0 Å². The van der Waals surface area contributed by atoms with Gasteiger partial charge in [0.05, 0.1) is 5.71 Å². The minimum atomic E-state index is 0.169. The first-order chi connectivity index (χ1) is 10.1. The van der Waals surface area contributed by atoms with E-state index >= 15 is 0 Å². The molecule has 5 heteroatoms. The predicted molar refractivity (Wildman–Crippen MR) is 95.4 cm³/mol. The van der Waals surface area contributed by atoms with Crippen LogP contribution in [0.3, 0.4) is 0 Å².